The van der Waals surface area contributed by atoms with E-state index in [-0.39, 0.29) is 17.1 Å². The summed E-state index contributed by atoms with van der Waals surface area (Å²) in [5.41, 5.74) is 0.498. The lowest BCUT2D eigenvalue weighted by molar-refractivity contribution is -0.141. The smallest absolute Gasteiger partial charge is 0.228 e. The molecule has 0 spiro atoms. The first-order valence-corrected chi connectivity index (χ1v) is 8.48. The van der Waals surface area contributed by atoms with E-state index in [4.69, 9.17) is 0 Å². The van der Waals surface area contributed by atoms with Crippen LogP contribution in [0.1, 0.15) is 44.0 Å². The summed E-state index contributed by atoms with van der Waals surface area (Å²) >= 11 is 0. The van der Waals surface area contributed by atoms with E-state index in [9.17, 15) is 9.59 Å². The molecule has 2 rings (SSSR count). The molecule has 1 aromatic rings. The maximum atomic E-state index is 12.2. The van der Waals surface area contributed by atoms with Crippen LogP contribution in [-0.2, 0) is 4.79 Å². The van der Waals surface area contributed by atoms with Crippen molar-refractivity contribution in [1.82, 2.24) is 9.80 Å². The molecule has 0 aromatic heterocycles. The van der Waals surface area contributed by atoms with E-state index in [0.717, 1.165) is 44.7 Å². The van der Waals surface area contributed by atoms with E-state index >= 15 is 0 Å². The molecule has 0 N–H and O–H groups in total. The molecule has 4 nitrogen and oxygen atoms in total. The van der Waals surface area contributed by atoms with Crippen LogP contribution in [-0.4, -0.2) is 54.2 Å². The van der Waals surface area contributed by atoms with Gasteiger partial charge in [-0.1, -0.05) is 51.1 Å². The highest BCUT2D eigenvalue weighted by molar-refractivity contribution is 5.95. The van der Waals surface area contributed by atoms with E-state index in [1.807, 2.05) is 56.0 Å². The fourth-order valence-corrected chi connectivity index (χ4v) is 2.88. The molecular formula is C19H28N2O2. The number of nitrogens with zero attached hydrogens (tertiary/aromatic N) is 2. The van der Waals surface area contributed by atoms with Crippen molar-refractivity contribution in [2.75, 3.05) is 32.7 Å². The molecule has 126 valence electrons. The number of rotatable bonds is 5. The molecule has 4 heteroatoms. The molecule has 1 aliphatic rings. The lowest BCUT2D eigenvalue weighted by Crippen LogP contribution is -2.51. The first kappa shape index (κ1) is 17.7. The number of amides is 1. The van der Waals surface area contributed by atoms with E-state index in [1.165, 1.54) is 0 Å². The van der Waals surface area contributed by atoms with Gasteiger partial charge in [-0.15, -0.1) is 0 Å². The molecule has 0 atom stereocenters. The van der Waals surface area contributed by atoms with Crippen molar-refractivity contribution in [2.24, 2.45) is 5.41 Å². The van der Waals surface area contributed by atoms with Crippen molar-refractivity contribution in [3.63, 3.8) is 0 Å². The molecule has 0 radical (unpaired) electrons. The molecule has 0 unspecified atom stereocenters. The minimum absolute atomic E-state index is 0.215. The van der Waals surface area contributed by atoms with Crippen LogP contribution in [0, 0.1) is 5.41 Å². The predicted molar refractivity (Wildman–Crippen MR) is 92.5 cm³/mol. The zero-order chi connectivity index (χ0) is 16.9. The normalized spacial score (nSPS) is 16.4. The fourth-order valence-electron chi connectivity index (χ4n) is 2.88. The van der Waals surface area contributed by atoms with Crippen LogP contribution in [0.4, 0.5) is 0 Å². The Kier molecular flexibility index (Phi) is 5.94. The van der Waals surface area contributed by atoms with E-state index in [1.54, 1.807) is 0 Å². The van der Waals surface area contributed by atoms with Crippen molar-refractivity contribution in [3.8, 4) is 0 Å². The van der Waals surface area contributed by atoms with Crippen molar-refractivity contribution in [1.29, 1.82) is 0 Å². The van der Waals surface area contributed by atoms with Crippen molar-refractivity contribution in [2.45, 2.75) is 33.6 Å². The second-order valence-electron chi connectivity index (χ2n) is 7.28. The minimum Gasteiger partial charge on any atom is -0.340 e. The largest absolute Gasteiger partial charge is 0.340 e. The standard InChI is InChI=1S/C19H28N2O2/c1-19(2,3)18(23)21-14-12-20(13-15-21)11-7-10-17(22)16-8-5-4-6-9-16/h4-6,8-9H,7,10-15H2,1-3H3. The number of benzene rings is 1. The molecule has 1 amide bonds. The molecule has 23 heavy (non-hydrogen) atoms. The first-order valence-electron chi connectivity index (χ1n) is 8.48. The van der Waals surface area contributed by atoms with Gasteiger partial charge >= 0.3 is 0 Å². The number of Topliss-reactive ketones (excluding diaryl/α,β-unsaturated/α-hetero) is 1. The molecule has 0 saturated carbocycles. The Bertz CT molecular complexity index is 526. The fraction of sp³-hybridized carbons (Fsp3) is 0.579. The van der Waals surface area contributed by atoms with Crippen LogP contribution in [0.2, 0.25) is 0 Å². The van der Waals surface area contributed by atoms with Crippen molar-refractivity contribution in [3.05, 3.63) is 35.9 Å². The number of hydrogen-bond acceptors (Lipinski definition) is 3. The molecule has 1 aliphatic heterocycles. The zero-order valence-electron chi connectivity index (χ0n) is 14.5. The molecule has 1 fully saturated rings. The first-order chi connectivity index (χ1) is 10.9. The Morgan fingerprint density at radius 1 is 1.00 bits per heavy atom. The van der Waals surface area contributed by atoms with Gasteiger partial charge in [0.2, 0.25) is 5.91 Å². The molecule has 1 heterocycles. The summed E-state index contributed by atoms with van der Waals surface area (Å²) in [4.78, 5) is 28.6. The van der Waals surface area contributed by atoms with E-state index in [0.29, 0.717) is 6.42 Å². The molecule has 1 aromatic carbocycles. The second kappa shape index (κ2) is 7.73. The van der Waals surface area contributed by atoms with Crippen molar-refractivity contribution < 1.29 is 9.59 Å². The monoisotopic (exact) mass is 316 g/mol. The predicted octanol–water partition coefficient (Wildman–Crippen LogP) is 2.84. The van der Waals surface area contributed by atoms with Gasteiger partial charge in [0.1, 0.15) is 0 Å². The Hall–Kier alpha value is -1.68. The van der Waals surface area contributed by atoms with Gasteiger partial charge in [-0.2, -0.15) is 0 Å². The Labute approximate surface area is 139 Å². The topological polar surface area (TPSA) is 40.6 Å². The average molecular weight is 316 g/mol. The van der Waals surface area contributed by atoms with Crippen LogP contribution < -0.4 is 0 Å². The number of hydrogen-bond donors (Lipinski definition) is 0. The van der Waals surface area contributed by atoms with Gasteiger partial charge in [0, 0.05) is 43.6 Å². The van der Waals surface area contributed by atoms with E-state index in [2.05, 4.69) is 4.90 Å². The van der Waals surface area contributed by atoms with Gasteiger partial charge in [0.05, 0.1) is 0 Å². The average Bonchev–Trinajstić information content (AvgIpc) is 2.54. The third-order valence-electron chi connectivity index (χ3n) is 4.28. The molecule has 1 saturated heterocycles. The highest BCUT2D eigenvalue weighted by Gasteiger charge is 2.29. The highest BCUT2D eigenvalue weighted by Crippen LogP contribution is 2.18. The van der Waals surface area contributed by atoms with Gasteiger partial charge in [0.15, 0.2) is 5.78 Å². The minimum atomic E-state index is -0.301. The Balaban J connectivity index is 1.69. The summed E-state index contributed by atoms with van der Waals surface area (Å²) in [5.74, 6) is 0.448. The van der Waals surface area contributed by atoms with Gasteiger partial charge < -0.3 is 4.90 Å². The maximum absolute atomic E-state index is 12.2. The summed E-state index contributed by atoms with van der Waals surface area (Å²) in [7, 11) is 0. The molecule has 0 aliphatic carbocycles. The quantitative estimate of drug-likeness (QED) is 0.784. The third-order valence-corrected chi connectivity index (χ3v) is 4.28. The second-order valence-corrected chi connectivity index (χ2v) is 7.28. The maximum Gasteiger partial charge on any atom is 0.228 e. The Morgan fingerprint density at radius 2 is 1.61 bits per heavy atom. The molecule has 0 bridgehead atoms. The lowest BCUT2D eigenvalue weighted by atomic mass is 9.94. The summed E-state index contributed by atoms with van der Waals surface area (Å²) in [6, 6.07) is 9.48. The van der Waals surface area contributed by atoms with Gasteiger partial charge in [-0.25, -0.2) is 0 Å². The van der Waals surface area contributed by atoms with Gasteiger partial charge in [-0.3, -0.25) is 14.5 Å². The van der Waals surface area contributed by atoms with Crippen LogP contribution >= 0.6 is 0 Å². The highest BCUT2D eigenvalue weighted by atomic mass is 16.2. The summed E-state index contributed by atoms with van der Waals surface area (Å²) in [6.45, 7) is 10.2. The van der Waals surface area contributed by atoms with Crippen LogP contribution in [0.5, 0.6) is 0 Å². The SMILES string of the molecule is CC(C)(C)C(=O)N1CCN(CCCC(=O)c2ccccc2)CC1. The lowest BCUT2D eigenvalue weighted by Gasteiger charge is -2.37. The third kappa shape index (κ3) is 5.17. The van der Waals surface area contributed by atoms with Gasteiger partial charge in [-0.05, 0) is 13.0 Å². The summed E-state index contributed by atoms with van der Waals surface area (Å²) in [6.07, 6.45) is 1.46. The summed E-state index contributed by atoms with van der Waals surface area (Å²) in [5, 5.41) is 0. The number of carbonyl (C=O) groups excluding carboxylic acids is 2. The van der Waals surface area contributed by atoms with Crippen LogP contribution in [0.15, 0.2) is 30.3 Å². The summed E-state index contributed by atoms with van der Waals surface area (Å²) < 4.78 is 0. The van der Waals surface area contributed by atoms with Crippen LogP contribution in [0.3, 0.4) is 0 Å². The van der Waals surface area contributed by atoms with Crippen LogP contribution in [0.25, 0.3) is 0 Å². The molecular weight excluding hydrogens is 288 g/mol. The zero-order valence-corrected chi connectivity index (χ0v) is 14.5. The van der Waals surface area contributed by atoms with Gasteiger partial charge in [0.25, 0.3) is 0 Å². The van der Waals surface area contributed by atoms with Crippen molar-refractivity contribution >= 4 is 11.7 Å². The Morgan fingerprint density at radius 3 is 2.17 bits per heavy atom. The number of carbonyl (C=O) groups is 2. The number of piperazine rings is 1. The van der Waals surface area contributed by atoms with E-state index < -0.39 is 0 Å². The number of ketones is 1.